The van der Waals surface area contributed by atoms with Gasteiger partial charge in [-0.2, -0.15) is 0 Å². The first kappa shape index (κ1) is 45.4. The molecule has 6 aromatic rings. The second kappa shape index (κ2) is 20.3. The molecule has 0 saturated carbocycles. The van der Waals surface area contributed by atoms with E-state index in [1.54, 1.807) is 30.5 Å². The molecule has 340 valence electrons. The zero-order valence-electron chi connectivity index (χ0n) is 36.3. The third-order valence-electron chi connectivity index (χ3n) is 11.8. The fourth-order valence-corrected chi connectivity index (χ4v) is 9.23. The lowest BCUT2D eigenvalue weighted by Crippen LogP contribution is -2.46. The molecule has 15 nitrogen and oxygen atoms in total. The third kappa shape index (κ3) is 11.2. The maximum Gasteiger partial charge on any atom is 0.293 e. The average Bonchev–Trinajstić information content (AvgIpc) is 3.79. The molecule has 0 radical (unpaired) electrons. The van der Waals surface area contributed by atoms with Crippen molar-refractivity contribution >= 4 is 55.5 Å². The van der Waals surface area contributed by atoms with E-state index in [2.05, 4.69) is 41.9 Å². The highest BCUT2D eigenvalue weighted by molar-refractivity contribution is 7.90. The first-order chi connectivity index (χ1) is 31.4. The van der Waals surface area contributed by atoms with E-state index in [-0.39, 0.29) is 22.9 Å². The second-order valence-corrected chi connectivity index (χ2v) is 18.6. The summed E-state index contributed by atoms with van der Waals surface area (Å²) in [6, 6.07) is 30.1. The van der Waals surface area contributed by atoms with E-state index in [0.717, 1.165) is 77.6 Å². The van der Waals surface area contributed by atoms with Gasteiger partial charge in [0.05, 0.1) is 15.4 Å². The van der Waals surface area contributed by atoms with Crippen LogP contribution in [0.3, 0.4) is 0 Å². The number of fused-ring (bicyclic) bond motifs is 1. The monoisotopic (exact) mass is 921 g/mol. The van der Waals surface area contributed by atoms with Crippen molar-refractivity contribution in [3.05, 3.63) is 136 Å². The van der Waals surface area contributed by atoms with Crippen molar-refractivity contribution < 1.29 is 32.3 Å². The highest BCUT2D eigenvalue weighted by Gasteiger charge is 2.28. The minimum Gasteiger partial charge on any atom is -0.492 e. The Bertz CT molecular complexity index is 2750. The molecule has 2 fully saturated rings. The van der Waals surface area contributed by atoms with Crippen LogP contribution in [0.2, 0.25) is 5.02 Å². The second-order valence-electron chi connectivity index (χ2n) is 16.5. The van der Waals surface area contributed by atoms with E-state index in [1.807, 2.05) is 62.6 Å². The molecule has 3 heterocycles. The van der Waals surface area contributed by atoms with Gasteiger partial charge >= 0.3 is 0 Å². The van der Waals surface area contributed by atoms with Gasteiger partial charge in [0.25, 0.3) is 21.6 Å². The van der Waals surface area contributed by atoms with Crippen molar-refractivity contribution in [1.82, 2.24) is 19.5 Å². The van der Waals surface area contributed by atoms with Gasteiger partial charge in [-0.15, -0.1) is 0 Å². The SMILES string of the molecule is CN(C)CCOc1ccc(-c2ccc(Cl)cc2)c(CN2CCN(c3ccc(C(=O)NS(=O)(=O)c4ccc(NCC5CCOCC5)c([N+](=O)[O-])c4)c(Oc4cccc5[nH]ccc45)c3)CC2)c1. The maximum atomic E-state index is 14.0. The fraction of sp³-hybridized carbons (Fsp3) is 0.312. The maximum absolute atomic E-state index is 14.0. The van der Waals surface area contributed by atoms with Crippen LogP contribution < -0.4 is 24.4 Å². The number of amides is 1. The molecule has 2 saturated heterocycles. The van der Waals surface area contributed by atoms with Crippen LogP contribution in [-0.4, -0.2) is 107 Å². The molecular formula is C48H52ClN7O8S. The van der Waals surface area contributed by atoms with Gasteiger partial charge in [-0.05, 0) is 116 Å². The number of aromatic nitrogens is 1. The normalized spacial score (nSPS) is 15.0. The Balaban J connectivity index is 1.01. The number of nitro benzene ring substituents is 1. The Hall–Kier alpha value is -6.17. The van der Waals surface area contributed by atoms with E-state index in [1.165, 1.54) is 12.1 Å². The minimum absolute atomic E-state index is 0.0323. The standard InChI is InChI=1S/C48H52ClN7O8S/c1-53(2)24-27-63-38-11-14-40(34-6-8-36(49)9-7-34)35(28-38)32-54-20-22-55(23-21-54)37-10-13-42(47(29-37)64-46-5-3-4-43-41(46)16-19-50-43)48(57)52-65(60,61)39-12-15-44(45(30-39)56(58)59)51-31-33-17-25-62-26-18-33/h3-16,19,28-30,33,50-51H,17-18,20-27,31-32H2,1-2H3,(H,52,57). The van der Waals surface area contributed by atoms with Crippen molar-refractivity contribution in [3.63, 3.8) is 0 Å². The van der Waals surface area contributed by atoms with Crippen LogP contribution in [-0.2, 0) is 21.3 Å². The summed E-state index contributed by atoms with van der Waals surface area (Å²) in [5, 5.41) is 16.7. The van der Waals surface area contributed by atoms with E-state index in [4.69, 9.17) is 25.8 Å². The number of benzene rings is 5. The van der Waals surface area contributed by atoms with E-state index < -0.39 is 31.4 Å². The van der Waals surface area contributed by atoms with Gasteiger partial charge in [-0.25, -0.2) is 13.1 Å². The lowest BCUT2D eigenvalue weighted by molar-refractivity contribution is -0.384. The number of piperazine rings is 1. The van der Waals surface area contributed by atoms with Crippen LogP contribution in [0.1, 0.15) is 28.8 Å². The third-order valence-corrected chi connectivity index (χ3v) is 13.4. The van der Waals surface area contributed by atoms with Crippen molar-refractivity contribution in [2.24, 2.45) is 5.92 Å². The molecule has 5 aromatic carbocycles. The Morgan fingerprint density at radius 1 is 0.938 bits per heavy atom. The molecule has 0 aliphatic carbocycles. The molecule has 0 bridgehead atoms. The number of anilines is 2. The van der Waals surface area contributed by atoms with Gasteiger partial charge in [-0.3, -0.25) is 19.8 Å². The molecule has 2 aliphatic heterocycles. The largest absolute Gasteiger partial charge is 0.492 e. The highest BCUT2D eigenvalue weighted by atomic mass is 35.5. The van der Waals surface area contributed by atoms with Crippen molar-refractivity contribution in [1.29, 1.82) is 0 Å². The van der Waals surface area contributed by atoms with Gasteiger partial charge in [0.1, 0.15) is 29.5 Å². The number of likely N-dealkylation sites (N-methyl/N-ethyl adjacent to an activating group) is 1. The summed E-state index contributed by atoms with van der Waals surface area (Å²) in [7, 11) is -0.537. The van der Waals surface area contributed by atoms with Crippen molar-refractivity contribution in [2.75, 3.05) is 83.4 Å². The summed E-state index contributed by atoms with van der Waals surface area (Å²) < 4.78 is 47.6. The quantitative estimate of drug-likeness (QED) is 0.0591. The number of hydrogen-bond acceptors (Lipinski definition) is 12. The fourth-order valence-electron chi connectivity index (χ4n) is 8.12. The van der Waals surface area contributed by atoms with E-state index in [9.17, 15) is 23.3 Å². The topological polar surface area (TPSA) is 172 Å². The molecule has 3 N–H and O–H groups in total. The van der Waals surface area contributed by atoms with Crippen LogP contribution in [0.25, 0.3) is 22.0 Å². The van der Waals surface area contributed by atoms with E-state index >= 15 is 0 Å². The number of carbonyl (C=O) groups is 1. The van der Waals surface area contributed by atoms with Crippen LogP contribution >= 0.6 is 11.6 Å². The van der Waals surface area contributed by atoms with Gasteiger partial charge in [0.15, 0.2) is 0 Å². The predicted molar refractivity (Wildman–Crippen MR) is 253 cm³/mol. The molecule has 65 heavy (non-hydrogen) atoms. The number of nitrogens with one attached hydrogen (secondary N) is 3. The van der Waals surface area contributed by atoms with Crippen LogP contribution in [0.5, 0.6) is 17.2 Å². The van der Waals surface area contributed by atoms with Crippen molar-refractivity contribution in [2.45, 2.75) is 24.3 Å². The summed E-state index contributed by atoms with van der Waals surface area (Å²) in [6.07, 6.45) is 3.42. The van der Waals surface area contributed by atoms with Gasteiger partial charge in [0.2, 0.25) is 0 Å². The summed E-state index contributed by atoms with van der Waals surface area (Å²) in [6.45, 7) is 6.59. The predicted octanol–water partition coefficient (Wildman–Crippen LogP) is 8.41. The Kier molecular flexibility index (Phi) is 14.2. The molecule has 0 unspecified atom stereocenters. The number of halogens is 1. The number of sulfonamides is 1. The molecule has 0 atom stereocenters. The number of nitrogens with zero attached hydrogens (tertiary/aromatic N) is 4. The Morgan fingerprint density at radius 2 is 1.72 bits per heavy atom. The number of ether oxygens (including phenoxy) is 3. The number of aromatic amines is 1. The molecule has 1 amide bonds. The zero-order chi connectivity index (χ0) is 45.5. The van der Waals surface area contributed by atoms with Crippen LogP contribution in [0.4, 0.5) is 17.1 Å². The van der Waals surface area contributed by atoms with Crippen LogP contribution in [0, 0.1) is 16.0 Å². The number of nitro groups is 1. The summed E-state index contributed by atoms with van der Waals surface area (Å²) >= 11 is 6.24. The number of carbonyl (C=O) groups excluding carboxylic acids is 1. The molecule has 8 rings (SSSR count). The van der Waals surface area contributed by atoms with Gasteiger partial charge < -0.3 is 34.3 Å². The lowest BCUT2D eigenvalue weighted by atomic mass is 9.98. The molecule has 1 aromatic heterocycles. The number of H-pyrrole nitrogens is 1. The smallest absolute Gasteiger partial charge is 0.293 e. The molecule has 17 heteroatoms. The van der Waals surface area contributed by atoms with Gasteiger partial charge in [0, 0.05) is 99.0 Å². The lowest BCUT2D eigenvalue weighted by Gasteiger charge is -2.36. The summed E-state index contributed by atoms with van der Waals surface area (Å²) in [4.78, 5) is 34.9. The van der Waals surface area contributed by atoms with E-state index in [0.29, 0.717) is 56.8 Å². The summed E-state index contributed by atoms with van der Waals surface area (Å²) in [5.74, 6) is 0.734. The first-order valence-corrected chi connectivity index (χ1v) is 23.5. The molecule has 2 aliphatic rings. The highest BCUT2D eigenvalue weighted by Crippen LogP contribution is 2.36. The van der Waals surface area contributed by atoms with Crippen molar-refractivity contribution in [3.8, 4) is 28.4 Å². The first-order valence-electron chi connectivity index (χ1n) is 21.6. The summed E-state index contributed by atoms with van der Waals surface area (Å²) in [5.41, 5.74) is 4.66. The van der Waals surface area contributed by atoms with Gasteiger partial charge in [-0.1, -0.05) is 35.9 Å². The molecule has 0 spiro atoms. The minimum atomic E-state index is -4.57. The zero-order valence-corrected chi connectivity index (χ0v) is 37.9. The van der Waals surface area contributed by atoms with Crippen LogP contribution in [0.15, 0.2) is 114 Å². The Morgan fingerprint density at radius 3 is 2.48 bits per heavy atom. The average molecular weight is 923 g/mol. The number of hydrogen-bond donors (Lipinski definition) is 3. The number of rotatable bonds is 17. The Labute approximate surface area is 383 Å². The molecular weight excluding hydrogens is 870 g/mol.